The summed E-state index contributed by atoms with van der Waals surface area (Å²) in [6.45, 7) is 1.86. The number of imidazole rings is 1. The van der Waals surface area contributed by atoms with Gasteiger partial charge in [0.05, 0.1) is 47.0 Å². The van der Waals surface area contributed by atoms with Crippen LogP contribution in [0.5, 0.6) is 5.75 Å². The van der Waals surface area contributed by atoms with Gasteiger partial charge in [0.1, 0.15) is 5.75 Å². The molecule has 0 radical (unpaired) electrons. The van der Waals surface area contributed by atoms with E-state index in [0.717, 1.165) is 5.52 Å². The highest BCUT2D eigenvalue weighted by atomic mass is 35.5. The molecule has 36 heavy (non-hydrogen) atoms. The summed E-state index contributed by atoms with van der Waals surface area (Å²) < 4.78 is 12.6. The van der Waals surface area contributed by atoms with Crippen molar-refractivity contribution in [3.05, 3.63) is 98.6 Å². The molecule has 2 heterocycles. The SMILES string of the molecule is CCOC(=O)C1=C(c2ccc(OC)cc2)Nc2nc3ccccc3n2[C@@H]1c1cc([N+](=O)[O-])ccc1Cl. The molecule has 182 valence electrons. The van der Waals surface area contributed by atoms with Crippen molar-refractivity contribution in [1.82, 2.24) is 9.55 Å². The Kier molecular flexibility index (Phi) is 6.07. The molecule has 10 heteroatoms. The molecule has 0 fully saturated rings. The van der Waals surface area contributed by atoms with Gasteiger partial charge in [-0.3, -0.25) is 14.7 Å². The second-order valence-electron chi connectivity index (χ2n) is 8.02. The number of benzene rings is 3. The number of esters is 1. The first-order chi connectivity index (χ1) is 17.4. The van der Waals surface area contributed by atoms with Gasteiger partial charge < -0.3 is 14.8 Å². The number of carbonyl (C=O) groups excluding carboxylic acids is 1. The van der Waals surface area contributed by atoms with Crippen LogP contribution in [0, 0.1) is 10.1 Å². The molecule has 4 aromatic rings. The predicted molar refractivity (Wildman–Crippen MR) is 136 cm³/mol. The van der Waals surface area contributed by atoms with Crippen LogP contribution in [-0.2, 0) is 9.53 Å². The van der Waals surface area contributed by atoms with Gasteiger partial charge in [-0.1, -0.05) is 23.7 Å². The first kappa shape index (κ1) is 23.4. The number of ether oxygens (including phenoxy) is 2. The lowest BCUT2D eigenvalue weighted by molar-refractivity contribution is -0.384. The Morgan fingerprint density at radius 3 is 2.61 bits per heavy atom. The molecule has 0 saturated heterocycles. The van der Waals surface area contributed by atoms with Crippen LogP contribution in [0.3, 0.4) is 0 Å². The molecule has 0 aliphatic carbocycles. The van der Waals surface area contributed by atoms with E-state index in [1.807, 2.05) is 41.0 Å². The Morgan fingerprint density at radius 1 is 1.17 bits per heavy atom. The van der Waals surface area contributed by atoms with E-state index in [1.165, 1.54) is 18.2 Å². The minimum absolute atomic E-state index is 0.144. The summed E-state index contributed by atoms with van der Waals surface area (Å²) in [5.74, 6) is 0.535. The number of halogens is 1. The summed E-state index contributed by atoms with van der Waals surface area (Å²) >= 11 is 6.63. The average molecular weight is 505 g/mol. The molecule has 0 saturated carbocycles. The zero-order valence-corrected chi connectivity index (χ0v) is 20.2. The van der Waals surface area contributed by atoms with Gasteiger partial charge in [0.15, 0.2) is 0 Å². The Bertz CT molecular complexity index is 1530. The number of nitro benzene ring substituents is 1. The summed E-state index contributed by atoms with van der Waals surface area (Å²) in [4.78, 5) is 29.4. The van der Waals surface area contributed by atoms with E-state index >= 15 is 0 Å². The van der Waals surface area contributed by atoms with Gasteiger partial charge in [-0.15, -0.1) is 0 Å². The number of hydrogen-bond donors (Lipinski definition) is 1. The quantitative estimate of drug-likeness (QED) is 0.207. The molecule has 3 aromatic carbocycles. The maximum Gasteiger partial charge on any atom is 0.338 e. The molecule has 0 spiro atoms. The Balaban J connectivity index is 1.85. The van der Waals surface area contributed by atoms with Crippen molar-refractivity contribution in [3.8, 4) is 5.75 Å². The number of methoxy groups -OCH3 is 1. The summed E-state index contributed by atoms with van der Waals surface area (Å²) in [6.07, 6.45) is 0. The molecule has 5 rings (SSSR count). The Hall–Kier alpha value is -4.37. The number of carbonyl (C=O) groups is 1. The van der Waals surface area contributed by atoms with Gasteiger partial charge >= 0.3 is 5.97 Å². The van der Waals surface area contributed by atoms with Gasteiger partial charge in [-0.25, -0.2) is 9.78 Å². The highest BCUT2D eigenvalue weighted by molar-refractivity contribution is 6.31. The normalized spacial score (nSPS) is 14.8. The molecule has 1 aromatic heterocycles. The van der Waals surface area contributed by atoms with E-state index < -0.39 is 16.9 Å². The van der Waals surface area contributed by atoms with Crippen LogP contribution in [0.25, 0.3) is 16.7 Å². The van der Waals surface area contributed by atoms with Crippen LogP contribution >= 0.6 is 11.6 Å². The minimum atomic E-state index is -0.850. The predicted octanol–water partition coefficient (Wildman–Crippen LogP) is 5.60. The second kappa shape index (κ2) is 9.35. The van der Waals surface area contributed by atoms with Gasteiger partial charge in [0, 0.05) is 22.7 Å². The zero-order valence-electron chi connectivity index (χ0n) is 19.4. The smallest absolute Gasteiger partial charge is 0.338 e. The van der Waals surface area contributed by atoms with Crippen LogP contribution < -0.4 is 10.1 Å². The molecule has 0 unspecified atom stereocenters. The molecule has 1 N–H and O–H groups in total. The van der Waals surface area contributed by atoms with Gasteiger partial charge in [-0.2, -0.15) is 0 Å². The van der Waals surface area contributed by atoms with Crippen LogP contribution in [0.2, 0.25) is 5.02 Å². The van der Waals surface area contributed by atoms with Crippen molar-refractivity contribution in [2.45, 2.75) is 13.0 Å². The Morgan fingerprint density at radius 2 is 1.92 bits per heavy atom. The van der Waals surface area contributed by atoms with Gasteiger partial charge in [0.2, 0.25) is 5.95 Å². The number of para-hydroxylation sites is 2. The van der Waals surface area contributed by atoms with Crippen molar-refractivity contribution < 1.29 is 19.2 Å². The molecule has 9 nitrogen and oxygen atoms in total. The van der Waals surface area contributed by atoms with Crippen LogP contribution in [0.1, 0.15) is 24.1 Å². The highest BCUT2D eigenvalue weighted by Crippen LogP contribution is 2.45. The number of anilines is 1. The molecule has 0 amide bonds. The van der Waals surface area contributed by atoms with Crippen molar-refractivity contribution in [3.63, 3.8) is 0 Å². The van der Waals surface area contributed by atoms with E-state index in [0.29, 0.717) is 34.0 Å². The lowest BCUT2D eigenvalue weighted by atomic mass is 9.92. The minimum Gasteiger partial charge on any atom is -0.497 e. The van der Waals surface area contributed by atoms with E-state index in [9.17, 15) is 14.9 Å². The summed E-state index contributed by atoms with van der Waals surface area (Å²) in [6, 6.07) is 18.0. The molecule has 1 aliphatic rings. The third-order valence-electron chi connectivity index (χ3n) is 5.99. The summed E-state index contributed by atoms with van der Waals surface area (Å²) in [7, 11) is 1.57. The number of aromatic nitrogens is 2. The van der Waals surface area contributed by atoms with Crippen molar-refractivity contribution in [2.75, 3.05) is 19.0 Å². The number of fused-ring (bicyclic) bond motifs is 3. The first-order valence-corrected chi connectivity index (χ1v) is 11.5. The highest BCUT2D eigenvalue weighted by Gasteiger charge is 2.38. The first-order valence-electron chi connectivity index (χ1n) is 11.2. The second-order valence-corrected chi connectivity index (χ2v) is 8.43. The average Bonchev–Trinajstić information content (AvgIpc) is 3.26. The van der Waals surface area contributed by atoms with Crippen molar-refractivity contribution in [1.29, 1.82) is 0 Å². The number of rotatable bonds is 6. The number of non-ortho nitro benzene ring substituents is 1. The summed E-state index contributed by atoms with van der Waals surface area (Å²) in [5, 5.41) is 15.2. The fourth-order valence-corrected chi connectivity index (χ4v) is 4.62. The number of nitrogens with one attached hydrogen (secondary N) is 1. The van der Waals surface area contributed by atoms with E-state index in [-0.39, 0.29) is 22.9 Å². The van der Waals surface area contributed by atoms with Crippen LogP contribution in [0.4, 0.5) is 11.6 Å². The number of nitrogens with zero attached hydrogens (tertiary/aromatic N) is 3. The molecule has 0 bridgehead atoms. The lowest BCUT2D eigenvalue weighted by Gasteiger charge is -2.31. The molecular weight excluding hydrogens is 484 g/mol. The van der Waals surface area contributed by atoms with Crippen molar-refractivity contribution >= 4 is 45.9 Å². The third-order valence-corrected chi connectivity index (χ3v) is 6.34. The summed E-state index contributed by atoms with van der Waals surface area (Å²) in [5.41, 5.74) is 3.04. The third kappa shape index (κ3) is 3.93. The van der Waals surface area contributed by atoms with Gasteiger partial charge in [0.25, 0.3) is 5.69 Å². The van der Waals surface area contributed by atoms with Crippen LogP contribution in [0.15, 0.2) is 72.3 Å². The topological polar surface area (TPSA) is 109 Å². The molecular formula is C26H21ClN4O5. The maximum absolute atomic E-state index is 13.5. The molecule has 1 atom stereocenters. The van der Waals surface area contributed by atoms with E-state index in [4.69, 9.17) is 26.1 Å². The van der Waals surface area contributed by atoms with E-state index in [1.54, 1.807) is 26.2 Å². The fourth-order valence-electron chi connectivity index (χ4n) is 4.40. The standard InChI is InChI=1S/C26H21ClN4O5/c1-3-36-25(32)22-23(15-8-11-17(35-2)12-9-15)29-26-28-20-6-4-5-7-21(20)30(26)24(22)18-14-16(31(33)34)10-13-19(18)27/h4-14,24H,3H2,1-2H3,(H,28,29)/t24-/m1/s1. The van der Waals surface area contributed by atoms with E-state index in [2.05, 4.69) is 5.32 Å². The lowest BCUT2D eigenvalue weighted by Crippen LogP contribution is -2.29. The fraction of sp³-hybridized carbons (Fsp3) is 0.154. The van der Waals surface area contributed by atoms with Crippen molar-refractivity contribution in [2.24, 2.45) is 0 Å². The molecule has 1 aliphatic heterocycles. The Labute approximate surface area is 211 Å². The monoisotopic (exact) mass is 504 g/mol. The van der Waals surface area contributed by atoms with Crippen LogP contribution in [-0.4, -0.2) is 34.2 Å². The maximum atomic E-state index is 13.5. The number of nitro groups is 1. The van der Waals surface area contributed by atoms with Gasteiger partial charge in [-0.05, 0) is 55.0 Å². The number of hydrogen-bond acceptors (Lipinski definition) is 7. The largest absolute Gasteiger partial charge is 0.497 e. The zero-order chi connectivity index (χ0) is 25.4.